The van der Waals surface area contributed by atoms with Crippen molar-refractivity contribution in [3.63, 3.8) is 0 Å². The van der Waals surface area contributed by atoms with E-state index in [-0.39, 0.29) is 0 Å². The molecule has 8 heteroatoms. The molecule has 1 saturated carbocycles. The molecule has 5 nitrogen and oxygen atoms in total. The van der Waals surface area contributed by atoms with Gasteiger partial charge < -0.3 is 9.84 Å². The van der Waals surface area contributed by atoms with Crippen molar-refractivity contribution < 1.29 is 9.09 Å². The molecule has 1 aliphatic carbocycles. The van der Waals surface area contributed by atoms with Crippen LogP contribution in [0, 0.1) is 0 Å². The molecule has 124 valence electrons. The van der Waals surface area contributed by atoms with Crippen LogP contribution in [0.25, 0.3) is 0 Å². The maximum absolute atomic E-state index is 12.8. The Hall–Kier alpha value is 0.190. The van der Waals surface area contributed by atoms with E-state index in [0.29, 0.717) is 17.8 Å². The summed E-state index contributed by atoms with van der Waals surface area (Å²) in [7, 11) is 1.73. The quantitative estimate of drug-likeness (QED) is 0.390. The van der Waals surface area contributed by atoms with Crippen LogP contribution in [0.4, 0.5) is 0 Å². The van der Waals surface area contributed by atoms with Gasteiger partial charge in [0.15, 0.2) is 5.11 Å². The van der Waals surface area contributed by atoms with Crippen molar-refractivity contribution in [2.45, 2.75) is 58.4 Å². The van der Waals surface area contributed by atoms with Crippen molar-refractivity contribution in [3.05, 3.63) is 0 Å². The first kappa shape index (κ1) is 19.2. The van der Waals surface area contributed by atoms with Crippen LogP contribution in [0.15, 0.2) is 0 Å². The molecule has 0 bridgehead atoms. The highest BCUT2D eigenvalue weighted by molar-refractivity contribution is 8.55. The minimum atomic E-state index is -2.92. The van der Waals surface area contributed by atoms with Gasteiger partial charge in [-0.2, -0.15) is 0 Å². The lowest BCUT2D eigenvalue weighted by molar-refractivity contribution is 0.288. The molecule has 0 heterocycles. The van der Waals surface area contributed by atoms with Crippen LogP contribution in [-0.2, 0) is 9.09 Å². The molecule has 1 aliphatic rings. The summed E-state index contributed by atoms with van der Waals surface area (Å²) >= 11 is 6.68. The van der Waals surface area contributed by atoms with Crippen LogP contribution in [0.5, 0.6) is 0 Å². The van der Waals surface area contributed by atoms with Crippen molar-refractivity contribution >= 4 is 35.4 Å². The molecule has 0 spiro atoms. The average molecular weight is 353 g/mol. The van der Waals surface area contributed by atoms with Gasteiger partial charge in [-0.15, -0.1) is 4.78 Å². The number of hydrazine groups is 1. The monoisotopic (exact) mass is 353 g/mol. The van der Waals surface area contributed by atoms with Crippen molar-refractivity contribution in [3.8, 4) is 0 Å². The molecule has 1 rings (SSSR count). The Labute approximate surface area is 138 Å². The standard InChI is InChI=1S/C13H28N3O2PS2/c1-4-11-21-19(17,18-5-2)16(3)15-13(20)14-12-9-7-6-8-10-12/h12H,4-11H2,1-3H3,(H2,14,15,20). The molecule has 0 aromatic carbocycles. The molecule has 1 fully saturated rings. The van der Waals surface area contributed by atoms with Gasteiger partial charge in [0, 0.05) is 18.8 Å². The summed E-state index contributed by atoms with van der Waals surface area (Å²) in [5, 5.41) is 3.84. The van der Waals surface area contributed by atoms with Gasteiger partial charge in [0.2, 0.25) is 0 Å². The Morgan fingerprint density at radius 1 is 1.38 bits per heavy atom. The summed E-state index contributed by atoms with van der Waals surface area (Å²) in [5.41, 5.74) is 3.01. The molecule has 1 atom stereocenters. The van der Waals surface area contributed by atoms with Crippen molar-refractivity contribution in [2.75, 3.05) is 19.4 Å². The fourth-order valence-corrected chi connectivity index (χ4v) is 6.43. The van der Waals surface area contributed by atoms with E-state index in [9.17, 15) is 4.57 Å². The lowest BCUT2D eigenvalue weighted by atomic mass is 9.96. The first-order valence-corrected chi connectivity index (χ1v) is 11.3. The number of nitrogens with one attached hydrogen (secondary N) is 2. The predicted molar refractivity (Wildman–Crippen MR) is 95.5 cm³/mol. The molecule has 0 radical (unpaired) electrons. The molecule has 21 heavy (non-hydrogen) atoms. The molecule has 0 aromatic heterocycles. The second-order valence-electron chi connectivity index (χ2n) is 5.16. The SMILES string of the molecule is CCCSP(=O)(OCC)N(C)NC(=S)NC1CCCCC1. The largest absolute Gasteiger partial charge is 0.359 e. The Bertz CT molecular complexity index is 365. The Morgan fingerprint density at radius 3 is 2.62 bits per heavy atom. The van der Waals surface area contributed by atoms with E-state index in [1.807, 2.05) is 6.92 Å². The topological polar surface area (TPSA) is 53.6 Å². The minimum absolute atomic E-state index is 0.419. The third kappa shape index (κ3) is 6.87. The fourth-order valence-electron chi connectivity index (χ4n) is 2.25. The highest BCUT2D eigenvalue weighted by atomic mass is 32.7. The van der Waals surface area contributed by atoms with E-state index in [1.165, 1.54) is 35.4 Å². The molecular weight excluding hydrogens is 325 g/mol. The summed E-state index contributed by atoms with van der Waals surface area (Å²) in [6.45, 7) is 1.41. The third-order valence-electron chi connectivity index (χ3n) is 3.32. The second-order valence-corrected chi connectivity index (χ2v) is 10.2. The summed E-state index contributed by atoms with van der Waals surface area (Å²) in [6.07, 6.45) is 7.07. The van der Waals surface area contributed by atoms with E-state index in [4.69, 9.17) is 16.7 Å². The molecule has 0 saturated heterocycles. The lowest BCUT2D eigenvalue weighted by Gasteiger charge is -2.30. The van der Waals surface area contributed by atoms with Crippen LogP contribution < -0.4 is 10.7 Å². The molecule has 2 N–H and O–H groups in total. The number of hydrogen-bond acceptors (Lipinski definition) is 4. The number of rotatable bonds is 8. The number of nitrogens with zero attached hydrogens (tertiary/aromatic N) is 1. The summed E-state index contributed by atoms with van der Waals surface area (Å²) in [5.74, 6) is 0.798. The summed E-state index contributed by atoms with van der Waals surface area (Å²) in [6, 6.07) is 0.432. The van der Waals surface area contributed by atoms with Gasteiger partial charge in [0.05, 0.1) is 6.61 Å². The van der Waals surface area contributed by atoms with Crippen LogP contribution >= 0.6 is 30.3 Å². The van der Waals surface area contributed by atoms with E-state index in [1.54, 1.807) is 7.05 Å². The normalized spacial score (nSPS) is 19.2. The smallest absolute Gasteiger partial charge is 0.346 e. The first-order valence-electron chi connectivity index (χ1n) is 7.72. The van der Waals surface area contributed by atoms with Crippen LogP contribution in [0.3, 0.4) is 0 Å². The van der Waals surface area contributed by atoms with Crippen molar-refractivity contribution in [2.24, 2.45) is 0 Å². The molecular formula is C13H28N3O2PS2. The van der Waals surface area contributed by atoms with Crippen molar-refractivity contribution in [1.82, 2.24) is 15.5 Å². The van der Waals surface area contributed by atoms with Crippen LogP contribution in [0.2, 0.25) is 0 Å². The van der Waals surface area contributed by atoms with Gasteiger partial charge in [-0.05, 0) is 38.4 Å². The Balaban J connectivity index is 2.48. The maximum atomic E-state index is 12.8. The van der Waals surface area contributed by atoms with Gasteiger partial charge in [-0.25, -0.2) is 0 Å². The van der Waals surface area contributed by atoms with Gasteiger partial charge in [-0.1, -0.05) is 37.6 Å². The van der Waals surface area contributed by atoms with Gasteiger partial charge in [-0.3, -0.25) is 9.99 Å². The first-order chi connectivity index (χ1) is 10.0. The van der Waals surface area contributed by atoms with E-state index < -0.39 is 6.72 Å². The zero-order valence-electron chi connectivity index (χ0n) is 13.3. The van der Waals surface area contributed by atoms with Gasteiger partial charge >= 0.3 is 6.72 Å². The molecule has 0 amide bonds. The zero-order valence-corrected chi connectivity index (χ0v) is 15.8. The van der Waals surface area contributed by atoms with Crippen LogP contribution in [-0.4, -0.2) is 35.3 Å². The lowest BCUT2D eigenvalue weighted by Crippen LogP contribution is -2.47. The third-order valence-corrected chi connectivity index (χ3v) is 8.45. The summed E-state index contributed by atoms with van der Waals surface area (Å²) in [4.78, 5) is 0. The van der Waals surface area contributed by atoms with Crippen molar-refractivity contribution in [1.29, 1.82) is 0 Å². The number of thiocarbonyl (C=S) groups is 1. The van der Waals surface area contributed by atoms with E-state index >= 15 is 0 Å². The Kier molecular flexibility index (Phi) is 9.21. The molecule has 0 aromatic rings. The van der Waals surface area contributed by atoms with Gasteiger partial charge in [0.1, 0.15) is 0 Å². The maximum Gasteiger partial charge on any atom is 0.346 e. The minimum Gasteiger partial charge on any atom is -0.359 e. The molecule has 0 aliphatic heterocycles. The fraction of sp³-hybridized carbons (Fsp3) is 0.923. The summed E-state index contributed by atoms with van der Waals surface area (Å²) < 4.78 is 19.8. The van der Waals surface area contributed by atoms with E-state index in [2.05, 4.69) is 17.7 Å². The van der Waals surface area contributed by atoms with Crippen LogP contribution in [0.1, 0.15) is 52.4 Å². The predicted octanol–water partition coefficient (Wildman–Crippen LogP) is 3.92. The zero-order chi connectivity index (χ0) is 15.7. The highest BCUT2D eigenvalue weighted by Gasteiger charge is 2.30. The number of hydrogen-bond donors (Lipinski definition) is 2. The van der Waals surface area contributed by atoms with E-state index in [0.717, 1.165) is 25.0 Å². The Morgan fingerprint density at radius 2 is 2.05 bits per heavy atom. The average Bonchev–Trinajstić information content (AvgIpc) is 2.46. The molecule has 1 unspecified atom stereocenters. The van der Waals surface area contributed by atoms with Gasteiger partial charge in [0.25, 0.3) is 0 Å². The highest BCUT2D eigenvalue weighted by Crippen LogP contribution is 2.60. The second kappa shape index (κ2) is 10.1.